The Bertz CT molecular complexity index is 1390. The van der Waals surface area contributed by atoms with Gasteiger partial charge in [-0.1, -0.05) is 42.5 Å². The van der Waals surface area contributed by atoms with Gasteiger partial charge in [-0.3, -0.25) is 5.32 Å². The number of thiazole rings is 1. The van der Waals surface area contributed by atoms with E-state index in [4.69, 9.17) is 16.9 Å². The number of nitrogens with zero attached hydrogens (tertiary/aromatic N) is 2. The minimum atomic E-state index is -0.958. The number of carbonyl (C=O) groups is 2. The quantitative estimate of drug-likeness (QED) is 0.312. The van der Waals surface area contributed by atoms with E-state index in [1.165, 1.54) is 11.3 Å². The molecule has 0 bridgehead atoms. The Kier molecular flexibility index (Phi) is 6.57. The van der Waals surface area contributed by atoms with Crippen LogP contribution in [-0.4, -0.2) is 33.8 Å². The second kappa shape index (κ2) is 9.89. The van der Waals surface area contributed by atoms with Gasteiger partial charge in [0.1, 0.15) is 12.4 Å². The highest BCUT2D eigenvalue weighted by molar-refractivity contribution is 7.10. The van der Waals surface area contributed by atoms with Crippen LogP contribution in [0.15, 0.2) is 60.1 Å². The molecule has 0 spiro atoms. The summed E-state index contributed by atoms with van der Waals surface area (Å²) in [7, 11) is 0. The second-order valence-corrected chi connectivity index (χ2v) is 7.98. The van der Waals surface area contributed by atoms with E-state index in [2.05, 4.69) is 26.5 Å². The molecule has 9 nitrogen and oxygen atoms in total. The maximum Gasteiger partial charge on any atom is 0.404 e. The van der Waals surface area contributed by atoms with Crippen LogP contribution in [0.2, 0.25) is 0 Å². The zero-order chi connectivity index (χ0) is 24.1. The molecule has 1 unspecified atom stereocenters. The molecular weight excluding hydrogens is 454 g/mol. The number of hydrogen-bond acceptors (Lipinski definition) is 7. The normalized spacial score (nSPS) is 11.4. The maximum atomic E-state index is 12.5. The average molecular weight is 474 g/mol. The van der Waals surface area contributed by atoms with Gasteiger partial charge in [-0.25, -0.2) is 19.6 Å². The van der Waals surface area contributed by atoms with E-state index in [-0.39, 0.29) is 12.5 Å². The lowest BCUT2D eigenvalue weighted by Gasteiger charge is -2.19. The minimum Gasteiger partial charge on any atom is -0.493 e. The van der Waals surface area contributed by atoms with E-state index in [1.54, 1.807) is 23.7 Å². The molecular formula is C24H19N5O4S. The number of nitrogens with two attached hydrogens (primary N) is 1. The zero-order valence-electron chi connectivity index (χ0n) is 17.7. The molecule has 34 heavy (non-hydrogen) atoms. The van der Waals surface area contributed by atoms with Crippen molar-refractivity contribution in [2.75, 3.05) is 11.9 Å². The number of urea groups is 1. The van der Waals surface area contributed by atoms with Gasteiger partial charge < -0.3 is 20.9 Å². The number of pyridine rings is 1. The molecule has 0 fully saturated rings. The van der Waals surface area contributed by atoms with E-state index < -0.39 is 18.2 Å². The molecule has 0 aliphatic carbocycles. The number of nitrogens with one attached hydrogen (secondary N) is 2. The first-order valence-corrected chi connectivity index (χ1v) is 10.9. The van der Waals surface area contributed by atoms with Gasteiger partial charge >= 0.3 is 12.1 Å². The van der Waals surface area contributed by atoms with Crippen molar-refractivity contribution in [3.63, 3.8) is 0 Å². The summed E-state index contributed by atoms with van der Waals surface area (Å²) in [5, 5.41) is 19.2. The lowest BCUT2D eigenvalue weighted by molar-refractivity contribution is 0.144. The van der Waals surface area contributed by atoms with Crippen LogP contribution >= 0.6 is 11.3 Å². The van der Waals surface area contributed by atoms with E-state index in [1.807, 2.05) is 36.4 Å². The number of aromatic nitrogens is 2. The fraction of sp³-hybridized carbons (Fsp3) is 0.0833. The summed E-state index contributed by atoms with van der Waals surface area (Å²) in [6.45, 7) is -0.173. The van der Waals surface area contributed by atoms with Crippen LogP contribution < -0.4 is 16.4 Å². The van der Waals surface area contributed by atoms with Crippen molar-refractivity contribution in [1.82, 2.24) is 15.3 Å². The second-order valence-electron chi connectivity index (χ2n) is 7.12. The monoisotopic (exact) mass is 473 g/mol. The summed E-state index contributed by atoms with van der Waals surface area (Å²) >= 11 is 1.22. The number of hydrogen-bond donors (Lipinski definition) is 4. The number of rotatable bonds is 6. The number of amides is 3. The van der Waals surface area contributed by atoms with Crippen LogP contribution in [0.25, 0.3) is 21.9 Å². The number of terminal acetylenes is 1. The Morgan fingerprint density at radius 2 is 2.00 bits per heavy atom. The van der Waals surface area contributed by atoms with E-state index in [0.29, 0.717) is 21.8 Å². The average Bonchev–Trinajstić information content (AvgIpc) is 3.29. The molecule has 0 saturated heterocycles. The van der Waals surface area contributed by atoms with E-state index in [0.717, 1.165) is 16.5 Å². The van der Waals surface area contributed by atoms with Crippen molar-refractivity contribution >= 4 is 40.1 Å². The highest BCUT2D eigenvalue weighted by Gasteiger charge is 2.18. The van der Waals surface area contributed by atoms with Crippen LogP contribution in [0.3, 0.4) is 0 Å². The molecule has 0 radical (unpaired) electrons. The highest BCUT2D eigenvalue weighted by atomic mass is 32.1. The lowest BCUT2D eigenvalue weighted by atomic mass is 9.97. The van der Waals surface area contributed by atoms with E-state index >= 15 is 0 Å². The van der Waals surface area contributed by atoms with Gasteiger partial charge in [0.15, 0.2) is 5.01 Å². The van der Waals surface area contributed by atoms with Crippen molar-refractivity contribution < 1.29 is 19.4 Å². The number of carbonyl (C=O) groups excluding carboxylic acids is 2. The lowest BCUT2D eigenvalue weighted by Crippen LogP contribution is -2.36. The number of primary amides is 1. The molecule has 2 heterocycles. The molecule has 4 rings (SSSR count). The zero-order valence-corrected chi connectivity index (χ0v) is 18.5. The summed E-state index contributed by atoms with van der Waals surface area (Å²) in [6.07, 6.45) is 5.89. The molecule has 2 aromatic carbocycles. The van der Waals surface area contributed by atoms with Crippen LogP contribution in [0.1, 0.15) is 16.6 Å². The largest absolute Gasteiger partial charge is 0.493 e. The maximum absolute atomic E-state index is 12.5. The van der Waals surface area contributed by atoms with E-state index in [9.17, 15) is 14.7 Å². The van der Waals surface area contributed by atoms with Gasteiger partial charge in [0, 0.05) is 11.6 Å². The Balaban J connectivity index is 1.57. The molecule has 170 valence electrons. The molecule has 0 aliphatic heterocycles. The SMILES string of the molecule is C#Cc1nc(NC(=O)NC(COC(N)=O)c2ccc(-c3cccc4ccnc(O)c34)cc2)cs1. The summed E-state index contributed by atoms with van der Waals surface area (Å²) in [4.78, 5) is 31.7. The third kappa shape index (κ3) is 5.06. The van der Waals surface area contributed by atoms with Crippen LogP contribution in [0.4, 0.5) is 15.4 Å². The fourth-order valence-corrected chi connectivity index (χ4v) is 4.00. The first-order chi connectivity index (χ1) is 16.4. The van der Waals surface area contributed by atoms with Crippen molar-refractivity contribution in [3.05, 3.63) is 70.7 Å². The first kappa shape index (κ1) is 22.6. The Hall–Kier alpha value is -4.62. The van der Waals surface area contributed by atoms with Crippen LogP contribution in [-0.2, 0) is 4.74 Å². The van der Waals surface area contributed by atoms with Gasteiger partial charge in [0.05, 0.1) is 11.4 Å². The van der Waals surface area contributed by atoms with Gasteiger partial charge in [0.2, 0.25) is 5.88 Å². The third-order valence-electron chi connectivity index (χ3n) is 4.96. The van der Waals surface area contributed by atoms with Gasteiger partial charge in [-0.05, 0) is 34.1 Å². The van der Waals surface area contributed by atoms with Gasteiger partial charge in [0.25, 0.3) is 0 Å². The molecule has 2 aromatic heterocycles. The molecule has 0 saturated carbocycles. The predicted molar refractivity (Wildman–Crippen MR) is 129 cm³/mol. The van der Waals surface area contributed by atoms with Crippen molar-refractivity contribution in [2.24, 2.45) is 5.73 Å². The fourth-order valence-electron chi connectivity index (χ4n) is 3.44. The number of anilines is 1. The van der Waals surface area contributed by atoms with Crippen molar-refractivity contribution in [1.29, 1.82) is 0 Å². The Labute approximate surface area is 198 Å². The Morgan fingerprint density at radius 3 is 2.71 bits per heavy atom. The molecule has 3 amide bonds. The summed E-state index contributed by atoms with van der Waals surface area (Å²) in [6, 6.07) is 13.5. The molecule has 1 atom stereocenters. The topological polar surface area (TPSA) is 139 Å². The smallest absolute Gasteiger partial charge is 0.404 e. The third-order valence-corrected chi connectivity index (χ3v) is 5.74. The number of aromatic hydroxyl groups is 1. The van der Waals surface area contributed by atoms with Crippen molar-refractivity contribution in [2.45, 2.75) is 6.04 Å². The van der Waals surface area contributed by atoms with Crippen molar-refractivity contribution in [3.8, 4) is 29.4 Å². The number of ether oxygens (including phenoxy) is 1. The first-order valence-electron chi connectivity index (χ1n) is 10.0. The molecule has 10 heteroatoms. The number of fused-ring (bicyclic) bond motifs is 1. The number of benzene rings is 2. The predicted octanol–water partition coefficient (Wildman–Crippen LogP) is 4.00. The molecule has 4 aromatic rings. The van der Waals surface area contributed by atoms with Gasteiger partial charge in [-0.15, -0.1) is 17.8 Å². The minimum absolute atomic E-state index is 0.0571. The van der Waals surface area contributed by atoms with Gasteiger partial charge in [-0.2, -0.15) is 0 Å². The summed E-state index contributed by atoms with van der Waals surface area (Å²) in [5.41, 5.74) is 7.42. The van der Waals surface area contributed by atoms with Crippen LogP contribution in [0, 0.1) is 12.3 Å². The summed E-state index contributed by atoms with van der Waals surface area (Å²) < 4.78 is 4.93. The summed E-state index contributed by atoms with van der Waals surface area (Å²) in [5.74, 6) is 2.65. The molecule has 0 aliphatic rings. The highest BCUT2D eigenvalue weighted by Crippen LogP contribution is 2.33. The molecule has 5 N–H and O–H groups in total. The Morgan fingerprint density at radius 1 is 1.21 bits per heavy atom. The standard InChI is InChI=1S/C24H19N5O4S/c1-2-20-28-19(13-34-20)29-24(32)27-18(12-33-23(25)31)15-8-6-14(7-9-15)17-5-3-4-16-10-11-26-22(30)21(16)17/h1,3-11,13,18H,12H2,(H2,25,31)(H,26,30)(H2,27,29,32). The van der Waals surface area contributed by atoms with Crippen LogP contribution in [0.5, 0.6) is 5.88 Å².